The number of carbonyl (C=O) groups is 3. The van der Waals surface area contributed by atoms with Crippen LogP contribution in [-0.2, 0) is 20.8 Å². The molecule has 168 valence electrons. The van der Waals surface area contributed by atoms with Crippen molar-refractivity contribution in [1.82, 2.24) is 10.7 Å². The summed E-state index contributed by atoms with van der Waals surface area (Å²) in [7, 11) is 0. The molecule has 0 saturated carbocycles. The molecule has 0 bridgehead atoms. The van der Waals surface area contributed by atoms with Crippen LogP contribution in [-0.4, -0.2) is 23.8 Å². The monoisotopic (exact) mass is 445 g/mol. The average Bonchev–Trinajstić information content (AvgIpc) is 2.90. The van der Waals surface area contributed by atoms with E-state index in [9.17, 15) is 18.8 Å². The molecule has 0 fully saturated rings. The Morgan fingerprint density at radius 1 is 0.970 bits per heavy atom. The Morgan fingerprint density at radius 3 is 2.36 bits per heavy atom. The summed E-state index contributed by atoms with van der Waals surface area (Å²) < 4.78 is 13.8. The molecule has 1 unspecified atom stereocenters. The summed E-state index contributed by atoms with van der Waals surface area (Å²) in [6.07, 6.45) is -0.192. The number of nitrogens with zero attached hydrogens (tertiary/aromatic N) is 1. The van der Waals surface area contributed by atoms with E-state index in [-0.39, 0.29) is 17.9 Å². The van der Waals surface area contributed by atoms with E-state index < -0.39 is 29.6 Å². The molecule has 0 saturated heterocycles. The molecule has 3 aromatic rings. The van der Waals surface area contributed by atoms with E-state index in [1.807, 2.05) is 36.4 Å². The first-order valence-corrected chi connectivity index (χ1v) is 10.7. The van der Waals surface area contributed by atoms with E-state index in [0.717, 1.165) is 16.7 Å². The standard InChI is InChI=1S/C26H24FN3O3/c1-16-19-10-4-5-11-20(19)21-12-6-8-14-23(21)30(26(16)33)29-25(32)17(2)28-24(31)15-18-9-3-7-13-22(18)27/h3-14,16-17H,15H2,1-2H3,(H,28,31)(H,29,32)/t16?,17-/m0/s1. The van der Waals surface area contributed by atoms with Gasteiger partial charge in [-0.05, 0) is 42.7 Å². The minimum atomic E-state index is -0.940. The van der Waals surface area contributed by atoms with E-state index in [1.54, 1.807) is 31.2 Å². The Labute approximate surface area is 191 Å². The zero-order chi connectivity index (χ0) is 23.5. The van der Waals surface area contributed by atoms with Crippen molar-refractivity contribution < 1.29 is 18.8 Å². The molecule has 1 aliphatic heterocycles. The van der Waals surface area contributed by atoms with Crippen LogP contribution in [0, 0.1) is 5.82 Å². The molecule has 3 aromatic carbocycles. The summed E-state index contributed by atoms with van der Waals surface area (Å²) in [4.78, 5) is 38.6. The molecular formula is C26H24FN3O3. The van der Waals surface area contributed by atoms with Crippen LogP contribution in [0.2, 0.25) is 0 Å². The zero-order valence-electron chi connectivity index (χ0n) is 18.3. The molecule has 0 spiro atoms. The fourth-order valence-corrected chi connectivity index (χ4v) is 3.96. The Morgan fingerprint density at radius 2 is 1.61 bits per heavy atom. The Kier molecular flexibility index (Phi) is 6.22. The van der Waals surface area contributed by atoms with Gasteiger partial charge in [0, 0.05) is 5.56 Å². The van der Waals surface area contributed by atoms with Gasteiger partial charge in [-0.25, -0.2) is 9.40 Å². The third kappa shape index (κ3) is 4.48. The van der Waals surface area contributed by atoms with Crippen LogP contribution >= 0.6 is 0 Å². The number of hydrazine groups is 1. The van der Waals surface area contributed by atoms with Crippen molar-refractivity contribution in [3.05, 3.63) is 89.7 Å². The van der Waals surface area contributed by atoms with Gasteiger partial charge in [0.25, 0.3) is 11.8 Å². The second-order valence-electron chi connectivity index (χ2n) is 8.03. The van der Waals surface area contributed by atoms with Gasteiger partial charge in [-0.3, -0.25) is 19.8 Å². The minimum absolute atomic E-state index is 0.192. The lowest BCUT2D eigenvalue weighted by Gasteiger charge is -2.27. The number of benzene rings is 3. The van der Waals surface area contributed by atoms with Crippen LogP contribution in [0.5, 0.6) is 0 Å². The summed E-state index contributed by atoms with van der Waals surface area (Å²) in [5.41, 5.74) is 6.08. The van der Waals surface area contributed by atoms with Gasteiger partial charge in [0.1, 0.15) is 11.9 Å². The van der Waals surface area contributed by atoms with Crippen molar-refractivity contribution in [1.29, 1.82) is 0 Å². The number of halogens is 1. The molecule has 4 rings (SSSR count). The number of amides is 3. The van der Waals surface area contributed by atoms with Crippen molar-refractivity contribution in [3.8, 4) is 11.1 Å². The smallest absolute Gasteiger partial charge is 0.261 e. The predicted molar refractivity (Wildman–Crippen MR) is 124 cm³/mol. The van der Waals surface area contributed by atoms with Crippen LogP contribution < -0.4 is 15.8 Å². The predicted octanol–water partition coefficient (Wildman–Crippen LogP) is 3.72. The maximum absolute atomic E-state index is 13.8. The Balaban J connectivity index is 1.53. The van der Waals surface area contributed by atoms with E-state index in [1.165, 1.54) is 24.1 Å². The Hall–Kier alpha value is -4.00. The van der Waals surface area contributed by atoms with Gasteiger partial charge >= 0.3 is 0 Å². The largest absolute Gasteiger partial charge is 0.344 e. The van der Waals surface area contributed by atoms with Crippen LogP contribution in [0.25, 0.3) is 11.1 Å². The van der Waals surface area contributed by atoms with Crippen LogP contribution in [0.15, 0.2) is 72.8 Å². The normalized spacial score (nSPS) is 15.7. The van der Waals surface area contributed by atoms with Crippen LogP contribution in [0.4, 0.5) is 10.1 Å². The maximum atomic E-state index is 13.8. The molecule has 7 heteroatoms. The van der Waals surface area contributed by atoms with Gasteiger partial charge in [0.15, 0.2) is 0 Å². The molecule has 0 radical (unpaired) electrons. The zero-order valence-corrected chi connectivity index (χ0v) is 18.3. The number of hydrogen-bond acceptors (Lipinski definition) is 3. The van der Waals surface area contributed by atoms with Crippen LogP contribution in [0.3, 0.4) is 0 Å². The van der Waals surface area contributed by atoms with Gasteiger partial charge in [0.05, 0.1) is 18.0 Å². The number of nitrogens with one attached hydrogen (secondary N) is 2. The topological polar surface area (TPSA) is 78.5 Å². The van der Waals surface area contributed by atoms with Gasteiger partial charge in [0.2, 0.25) is 5.91 Å². The molecule has 0 aliphatic carbocycles. The third-order valence-electron chi connectivity index (χ3n) is 5.75. The molecule has 6 nitrogen and oxygen atoms in total. The van der Waals surface area contributed by atoms with Crippen molar-refractivity contribution in [2.75, 3.05) is 5.01 Å². The molecule has 1 aliphatic rings. The first kappa shape index (κ1) is 22.2. The second-order valence-corrected chi connectivity index (χ2v) is 8.03. The average molecular weight is 445 g/mol. The molecule has 1 heterocycles. The summed E-state index contributed by atoms with van der Waals surface area (Å²) in [5.74, 6) is -2.31. The molecule has 3 amide bonds. The van der Waals surface area contributed by atoms with Gasteiger partial charge in [-0.1, -0.05) is 60.7 Å². The fourth-order valence-electron chi connectivity index (χ4n) is 3.96. The second kappa shape index (κ2) is 9.24. The van der Waals surface area contributed by atoms with Gasteiger partial charge in [-0.15, -0.1) is 0 Å². The van der Waals surface area contributed by atoms with Crippen molar-refractivity contribution >= 4 is 23.4 Å². The number of rotatable bonds is 5. The summed E-state index contributed by atoms with van der Waals surface area (Å²) in [5, 5.41) is 3.82. The number of hydrogen-bond donors (Lipinski definition) is 2. The number of fused-ring (bicyclic) bond motifs is 3. The SMILES string of the molecule is CC1C(=O)N(NC(=O)[C@H](C)NC(=O)Cc2ccccc2F)c2ccccc2-c2ccccc21. The van der Waals surface area contributed by atoms with E-state index >= 15 is 0 Å². The van der Waals surface area contributed by atoms with Crippen molar-refractivity contribution in [2.45, 2.75) is 32.2 Å². The summed E-state index contributed by atoms with van der Waals surface area (Å²) in [6.45, 7) is 3.31. The lowest BCUT2D eigenvalue weighted by atomic mass is 9.92. The Bertz CT molecular complexity index is 1230. The first-order valence-electron chi connectivity index (χ1n) is 10.7. The first-order chi connectivity index (χ1) is 15.9. The van der Waals surface area contributed by atoms with E-state index in [2.05, 4.69) is 10.7 Å². The molecule has 2 N–H and O–H groups in total. The van der Waals surface area contributed by atoms with Crippen molar-refractivity contribution in [2.24, 2.45) is 0 Å². The molecule has 2 atom stereocenters. The lowest BCUT2D eigenvalue weighted by molar-refractivity contribution is -0.130. The van der Waals surface area contributed by atoms with E-state index in [4.69, 9.17) is 0 Å². The van der Waals surface area contributed by atoms with E-state index in [0.29, 0.717) is 5.69 Å². The van der Waals surface area contributed by atoms with Crippen molar-refractivity contribution in [3.63, 3.8) is 0 Å². The molecule has 0 aromatic heterocycles. The minimum Gasteiger partial charge on any atom is -0.344 e. The summed E-state index contributed by atoms with van der Waals surface area (Å²) >= 11 is 0. The number of anilines is 1. The summed E-state index contributed by atoms with van der Waals surface area (Å²) in [6, 6.07) is 20.0. The quantitative estimate of drug-likeness (QED) is 0.628. The highest BCUT2D eigenvalue weighted by atomic mass is 19.1. The van der Waals surface area contributed by atoms with Gasteiger partial charge in [-0.2, -0.15) is 0 Å². The highest BCUT2D eigenvalue weighted by Crippen LogP contribution is 2.39. The lowest BCUT2D eigenvalue weighted by Crippen LogP contribution is -2.54. The highest BCUT2D eigenvalue weighted by Gasteiger charge is 2.33. The number of carbonyl (C=O) groups excluding carboxylic acids is 3. The maximum Gasteiger partial charge on any atom is 0.261 e. The van der Waals surface area contributed by atoms with Gasteiger partial charge < -0.3 is 5.32 Å². The highest BCUT2D eigenvalue weighted by molar-refractivity contribution is 6.06. The molecular weight excluding hydrogens is 421 g/mol. The number of para-hydroxylation sites is 1. The fraction of sp³-hybridized carbons (Fsp3) is 0.192. The third-order valence-corrected chi connectivity index (χ3v) is 5.75. The van der Waals surface area contributed by atoms with Crippen LogP contribution in [0.1, 0.15) is 30.9 Å². The molecule has 33 heavy (non-hydrogen) atoms.